The van der Waals surface area contributed by atoms with Crippen LogP contribution in [0.2, 0.25) is 0 Å². The van der Waals surface area contributed by atoms with Gasteiger partial charge < -0.3 is 9.47 Å². The van der Waals surface area contributed by atoms with E-state index < -0.39 is 18.1 Å². The molecule has 37 heavy (non-hydrogen) atoms. The molecule has 0 fully saturated rings. The SMILES string of the molecule is COC(=O)C[C@H]1c2nnc(C)n2-c2sc(C)c(Cc3ccccc3)c2CN1C(=O)OCc1ccccc1. The summed E-state index contributed by atoms with van der Waals surface area (Å²) in [5.41, 5.74) is 4.23. The van der Waals surface area contributed by atoms with Crippen LogP contribution >= 0.6 is 11.3 Å². The van der Waals surface area contributed by atoms with Gasteiger partial charge in [-0.3, -0.25) is 14.3 Å². The van der Waals surface area contributed by atoms with E-state index in [1.165, 1.54) is 12.7 Å². The van der Waals surface area contributed by atoms with Gasteiger partial charge in [0.1, 0.15) is 23.5 Å². The quantitative estimate of drug-likeness (QED) is 0.324. The number of esters is 1. The van der Waals surface area contributed by atoms with Crippen LogP contribution in [0.15, 0.2) is 60.7 Å². The van der Waals surface area contributed by atoms with Gasteiger partial charge in [-0.25, -0.2) is 4.79 Å². The number of thiophene rings is 1. The van der Waals surface area contributed by atoms with E-state index in [2.05, 4.69) is 29.3 Å². The van der Waals surface area contributed by atoms with Crippen molar-refractivity contribution < 1.29 is 19.1 Å². The number of rotatable bonds is 6. The van der Waals surface area contributed by atoms with Crippen LogP contribution in [0.3, 0.4) is 0 Å². The zero-order chi connectivity index (χ0) is 25.9. The van der Waals surface area contributed by atoms with Gasteiger partial charge in [-0.05, 0) is 37.0 Å². The highest BCUT2D eigenvalue weighted by molar-refractivity contribution is 7.14. The van der Waals surface area contributed by atoms with E-state index in [0.717, 1.165) is 33.0 Å². The Labute approximate surface area is 219 Å². The summed E-state index contributed by atoms with van der Waals surface area (Å²) in [5.74, 6) is 0.771. The Kier molecular flexibility index (Phi) is 7.05. The van der Waals surface area contributed by atoms with Crippen LogP contribution < -0.4 is 0 Å². The van der Waals surface area contributed by atoms with Crippen molar-refractivity contribution >= 4 is 23.4 Å². The molecule has 0 bridgehead atoms. The van der Waals surface area contributed by atoms with Gasteiger partial charge in [0, 0.05) is 10.4 Å². The molecular formula is C28H28N4O4S. The van der Waals surface area contributed by atoms with Crippen LogP contribution in [0, 0.1) is 13.8 Å². The zero-order valence-corrected chi connectivity index (χ0v) is 21.8. The summed E-state index contributed by atoms with van der Waals surface area (Å²) >= 11 is 1.65. The van der Waals surface area contributed by atoms with Crippen molar-refractivity contribution in [2.24, 2.45) is 0 Å². The number of fused-ring (bicyclic) bond motifs is 3. The molecule has 0 unspecified atom stereocenters. The average molecular weight is 517 g/mol. The first kappa shape index (κ1) is 24.7. The molecule has 3 heterocycles. The molecule has 0 saturated heterocycles. The van der Waals surface area contributed by atoms with Crippen molar-refractivity contribution in [2.75, 3.05) is 7.11 Å². The summed E-state index contributed by atoms with van der Waals surface area (Å²) < 4.78 is 12.7. The van der Waals surface area contributed by atoms with E-state index in [0.29, 0.717) is 11.6 Å². The number of benzene rings is 2. The van der Waals surface area contributed by atoms with Crippen LogP contribution in [-0.4, -0.2) is 38.8 Å². The Morgan fingerprint density at radius 1 is 1.00 bits per heavy atom. The fourth-order valence-electron chi connectivity index (χ4n) is 4.69. The van der Waals surface area contributed by atoms with Gasteiger partial charge in [0.25, 0.3) is 0 Å². The lowest BCUT2D eigenvalue weighted by molar-refractivity contribution is -0.142. The van der Waals surface area contributed by atoms with Crippen LogP contribution in [0.4, 0.5) is 4.79 Å². The van der Waals surface area contributed by atoms with Crippen molar-refractivity contribution in [1.29, 1.82) is 0 Å². The molecule has 1 aliphatic rings. The highest BCUT2D eigenvalue weighted by Gasteiger charge is 2.39. The lowest BCUT2D eigenvalue weighted by Gasteiger charge is -2.28. The lowest BCUT2D eigenvalue weighted by Crippen LogP contribution is -2.36. The average Bonchev–Trinajstić information content (AvgIpc) is 3.40. The predicted octanol–water partition coefficient (Wildman–Crippen LogP) is 5.29. The maximum atomic E-state index is 13.6. The number of aryl methyl sites for hydroxylation is 2. The van der Waals surface area contributed by atoms with Crippen molar-refractivity contribution in [3.8, 4) is 5.00 Å². The highest BCUT2D eigenvalue weighted by Crippen LogP contribution is 2.41. The molecule has 2 aromatic heterocycles. The smallest absolute Gasteiger partial charge is 0.411 e. The summed E-state index contributed by atoms with van der Waals surface area (Å²) in [4.78, 5) is 28.8. The van der Waals surface area contributed by atoms with Crippen molar-refractivity contribution in [3.05, 3.63) is 99.4 Å². The molecular weight excluding hydrogens is 488 g/mol. The Hall–Kier alpha value is -3.98. The number of hydrogen-bond donors (Lipinski definition) is 0. The third-order valence-electron chi connectivity index (χ3n) is 6.60. The van der Waals surface area contributed by atoms with Gasteiger partial charge in [-0.15, -0.1) is 21.5 Å². The number of methoxy groups -OCH3 is 1. The molecule has 0 N–H and O–H groups in total. The van der Waals surface area contributed by atoms with Crippen LogP contribution in [0.25, 0.3) is 5.00 Å². The second kappa shape index (κ2) is 10.6. The molecule has 190 valence electrons. The summed E-state index contributed by atoms with van der Waals surface area (Å²) in [6.07, 6.45) is 0.146. The monoisotopic (exact) mass is 516 g/mol. The minimum atomic E-state index is -0.693. The zero-order valence-electron chi connectivity index (χ0n) is 21.0. The predicted molar refractivity (Wildman–Crippen MR) is 140 cm³/mol. The number of carbonyl (C=O) groups is 2. The van der Waals surface area contributed by atoms with Gasteiger partial charge in [0.2, 0.25) is 0 Å². The van der Waals surface area contributed by atoms with Gasteiger partial charge in [0.15, 0.2) is 5.82 Å². The molecule has 1 aliphatic heterocycles. The first-order valence-electron chi connectivity index (χ1n) is 12.1. The third kappa shape index (κ3) is 4.99. The van der Waals surface area contributed by atoms with Crippen molar-refractivity contribution in [1.82, 2.24) is 19.7 Å². The maximum Gasteiger partial charge on any atom is 0.411 e. The Morgan fingerprint density at radius 2 is 1.68 bits per heavy atom. The Morgan fingerprint density at radius 3 is 2.35 bits per heavy atom. The third-order valence-corrected chi connectivity index (χ3v) is 7.78. The molecule has 9 heteroatoms. The number of amides is 1. The Bertz CT molecular complexity index is 1410. The minimum absolute atomic E-state index is 0.0585. The van der Waals surface area contributed by atoms with E-state index in [1.54, 1.807) is 16.2 Å². The van der Waals surface area contributed by atoms with Gasteiger partial charge in [0.05, 0.1) is 20.1 Å². The van der Waals surface area contributed by atoms with E-state index in [9.17, 15) is 9.59 Å². The lowest BCUT2D eigenvalue weighted by atomic mass is 10.0. The second-order valence-corrected chi connectivity index (χ2v) is 10.2. The number of ether oxygens (including phenoxy) is 2. The standard InChI is InChI=1S/C28H28N4O4S/c1-18-22(14-20-10-6-4-7-11-20)23-16-31(28(34)36-17-21-12-8-5-9-13-21)24(15-25(33)35-3)26-30-29-19(2)32(26)27(23)37-18/h4-13,24H,14-17H2,1-3H3/t24-/m0/s1. The fraction of sp³-hybridized carbons (Fsp3) is 0.286. The molecule has 2 aromatic carbocycles. The summed E-state index contributed by atoms with van der Waals surface area (Å²) in [6, 6.07) is 19.1. The molecule has 0 spiro atoms. The summed E-state index contributed by atoms with van der Waals surface area (Å²) in [7, 11) is 1.34. The number of carbonyl (C=O) groups excluding carboxylic acids is 2. The maximum absolute atomic E-state index is 13.6. The minimum Gasteiger partial charge on any atom is -0.469 e. The molecule has 1 atom stereocenters. The summed E-state index contributed by atoms with van der Waals surface area (Å²) in [5, 5.41) is 9.71. The first-order chi connectivity index (χ1) is 18.0. The van der Waals surface area contributed by atoms with Gasteiger partial charge >= 0.3 is 12.1 Å². The topological polar surface area (TPSA) is 86.5 Å². The number of aromatic nitrogens is 3. The fourth-order valence-corrected chi connectivity index (χ4v) is 5.92. The van der Waals surface area contributed by atoms with Crippen LogP contribution in [0.5, 0.6) is 0 Å². The van der Waals surface area contributed by atoms with E-state index in [1.807, 2.05) is 60.0 Å². The summed E-state index contributed by atoms with van der Waals surface area (Å²) in [6.45, 7) is 4.38. The van der Waals surface area contributed by atoms with E-state index >= 15 is 0 Å². The first-order valence-corrected chi connectivity index (χ1v) is 12.9. The molecule has 0 aliphatic carbocycles. The van der Waals surface area contributed by atoms with Crippen LogP contribution in [0.1, 0.15) is 51.2 Å². The number of hydrogen-bond acceptors (Lipinski definition) is 7. The number of nitrogens with zero attached hydrogens (tertiary/aromatic N) is 4. The van der Waals surface area contributed by atoms with Gasteiger partial charge in [-0.1, -0.05) is 60.7 Å². The molecule has 1 amide bonds. The molecule has 8 nitrogen and oxygen atoms in total. The van der Waals surface area contributed by atoms with Crippen LogP contribution in [-0.2, 0) is 33.8 Å². The van der Waals surface area contributed by atoms with Crippen molar-refractivity contribution in [3.63, 3.8) is 0 Å². The largest absolute Gasteiger partial charge is 0.469 e. The van der Waals surface area contributed by atoms with Gasteiger partial charge in [-0.2, -0.15) is 0 Å². The second-order valence-electron chi connectivity index (χ2n) is 8.99. The molecule has 0 saturated carbocycles. The molecule has 4 aromatic rings. The highest BCUT2D eigenvalue weighted by atomic mass is 32.1. The molecule has 0 radical (unpaired) electrons. The van der Waals surface area contributed by atoms with E-state index in [-0.39, 0.29) is 19.6 Å². The Balaban J connectivity index is 1.58. The van der Waals surface area contributed by atoms with Crippen molar-refractivity contribution in [2.45, 2.75) is 45.9 Å². The molecule has 5 rings (SSSR count). The van der Waals surface area contributed by atoms with E-state index in [4.69, 9.17) is 9.47 Å². The normalized spacial score (nSPS) is 14.5.